The Morgan fingerprint density at radius 2 is 1.04 bits per heavy atom. The van der Waals surface area contributed by atoms with Gasteiger partial charge in [0.15, 0.2) is 0 Å². The molecule has 0 aromatic heterocycles. The molecule has 0 bridgehead atoms. The van der Waals surface area contributed by atoms with Crippen molar-refractivity contribution in [3.05, 3.63) is 0 Å². The third kappa shape index (κ3) is 7.98. The van der Waals surface area contributed by atoms with Crippen LogP contribution in [0.15, 0.2) is 0 Å². The van der Waals surface area contributed by atoms with Gasteiger partial charge in [-0.05, 0) is 34.2 Å². The van der Waals surface area contributed by atoms with E-state index in [1.807, 2.05) is 3.63 Å². The molecule has 0 radical (unpaired) electrons. The van der Waals surface area contributed by atoms with Crippen LogP contribution in [-0.4, -0.2) is 51.4 Å². The monoisotopic (exact) mass is 411 g/mol. The fourth-order valence-corrected chi connectivity index (χ4v) is 3.08. The molecule has 0 aromatic rings. The Balaban J connectivity index is 0. The fraction of sp³-hybridized carbons (Fsp3) is 1.00. The highest BCUT2D eigenvalue weighted by atomic mass is 32.3. The lowest BCUT2D eigenvalue weighted by molar-refractivity contribution is -0.0585. The van der Waals surface area contributed by atoms with Crippen molar-refractivity contribution >= 4 is 20.2 Å². The maximum atomic E-state index is 11.4. The van der Waals surface area contributed by atoms with Crippen LogP contribution in [0.25, 0.3) is 0 Å². The molecule has 0 saturated heterocycles. The van der Waals surface area contributed by atoms with Gasteiger partial charge in [-0.15, -0.1) is 3.63 Å². The lowest BCUT2D eigenvalue weighted by Gasteiger charge is -2.28. The lowest BCUT2D eigenvalue weighted by Crippen LogP contribution is -2.36. The zero-order chi connectivity index (χ0) is 20.1. The molecule has 0 aromatic carbocycles. The molecular weight excluding hydrogens is 392 g/mol. The van der Waals surface area contributed by atoms with Crippen LogP contribution < -0.4 is 0 Å². The minimum Gasteiger partial charge on any atom is -0.299 e. The Hall–Kier alpha value is -0.600. The molecule has 14 heteroatoms. The van der Waals surface area contributed by atoms with Crippen LogP contribution >= 0.6 is 0 Å². The van der Waals surface area contributed by atoms with E-state index >= 15 is 0 Å². The summed E-state index contributed by atoms with van der Waals surface area (Å²) in [5.74, 6) is 0. The highest BCUT2D eigenvalue weighted by molar-refractivity contribution is 8.00. The van der Waals surface area contributed by atoms with Gasteiger partial charge in [0.25, 0.3) is 0 Å². The highest BCUT2D eigenvalue weighted by Gasteiger charge is 2.57. The predicted octanol–water partition coefficient (Wildman–Crippen LogP) is 2.83. The van der Waals surface area contributed by atoms with Crippen LogP contribution in [0.4, 0.5) is 26.3 Å². The van der Waals surface area contributed by atoms with Crippen molar-refractivity contribution in [2.24, 2.45) is 0 Å². The molecule has 0 unspecified atom stereocenters. The Morgan fingerprint density at radius 1 is 0.792 bits per heavy atom. The molecule has 6 nitrogen and oxygen atoms in total. The van der Waals surface area contributed by atoms with E-state index < -0.39 is 31.3 Å². The second-order valence-corrected chi connectivity index (χ2v) is 8.17. The first-order valence-corrected chi connectivity index (χ1v) is 9.21. The first-order valence-electron chi connectivity index (χ1n) is 6.39. The van der Waals surface area contributed by atoms with Crippen LogP contribution in [0.3, 0.4) is 0 Å². The van der Waals surface area contributed by atoms with Crippen LogP contribution in [0.2, 0.25) is 0 Å². The van der Waals surface area contributed by atoms with Crippen molar-refractivity contribution in [1.82, 2.24) is 4.90 Å². The Kier molecular flexibility index (Phi) is 9.26. The smallest absolute Gasteiger partial charge is 0.299 e. The molecular formula is C10H19F6NO5S2. The molecule has 148 valence electrons. The van der Waals surface area contributed by atoms with E-state index in [2.05, 4.69) is 39.5 Å². The van der Waals surface area contributed by atoms with Crippen LogP contribution in [0, 0.1) is 0 Å². The van der Waals surface area contributed by atoms with Crippen LogP contribution in [0.5, 0.6) is 0 Å². The molecule has 0 heterocycles. The summed E-state index contributed by atoms with van der Waals surface area (Å²) in [4.78, 5) is 2.46. The number of hydrogen-bond acceptors (Lipinski definition) is 6. The van der Waals surface area contributed by atoms with Gasteiger partial charge in [-0.2, -0.15) is 43.2 Å². The molecule has 0 aliphatic rings. The second-order valence-electron chi connectivity index (χ2n) is 4.89. The van der Waals surface area contributed by atoms with Gasteiger partial charge < -0.3 is 0 Å². The van der Waals surface area contributed by atoms with Gasteiger partial charge in [-0.25, -0.2) is 0 Å². The Morgan fingerprint density at radius 3 is 1.12 bits per heavy atom. The molecule has 0 aliphatic heterocycles. The largest absolute Gasteiger partial charge is 0.524 e. The second kappa shape index (κ2) is 8.67. The number of alkyl halides is 6. The SMILES string of the molecule is CCN(C(C)C)C(C)C.O=S(=O)(OS(=O)(=O)C(F)(F)F)C(F)(F)F. The molecule has 0 atom stereocenters. The van der Waals surface area contributed by atoms with Gasteiger partial charge in [-0.3, -0.25) is 4.90 Å². The summed E-state index contributed by atoms with van der Waals surface area (Å²) in [6.07, 6.45) is 0. The first kappa shape index (κ1) is 25.6. The van der Waals surface area contributed by atoms with E-state index in [4.69, 9.17) is 0 Å². The van der Waals surface area contributed by atoms with Crippen molar-refractivity contribution < 1.29 is 46.8 Å². The molecule has 0 saturated carbocycles. The van der Waals surface area contributed by atoms with E-state index in [1.54, 1.807) is 0 Å². The molecule has 0 amide bonds. The molecule has 0 fully saturated rings. The maximum absolute atomic E-state index is 11.4. The topological polar surface area (TPSA) is 80.8 Å². The normalized spacial score (nSPS) is 14.1. The summed E-state index contributed by atoms with van der Waals surface area (Å²) < 4.78 is 110. The summed E-state index contributed by atoms with van der Waals surface area (Å²) in [6, 6.07) is 1.38. The van der Waals surface area contributed by atoms with Gasteiger partial charge in [-0.1, -0.05) is 6.92 Å². The predicted molar refractivity (Wildman–Crippen MR) is 73.7 cm³/mol. The third-order valence-corrected chi connectivity index (χ3v) is 5.00. The van der Waals surface area contributed by atoms with Crippen molar-refractivity contribution in [3.63, 3.8) is 0 Å². The molecule has 0 N–H and O–H groups in total. The summed E-state index contributed by atoms with van der Waals surface area (Å²) in [7, 11) is -13.7. The van der Waals surface area contributed by atoms with E-state index in [0.29, 0.717) is 12.1 Å². The summed E-state index contributed by atoms with van der Waals surface area (Å²) in [5.41, 5.74) is -12.5. The lowest BCUT2D eigenvalue weighted by atomic mass is 10.2. The summed E-state index contributed by atoms with van der Waals surface area (Å²) >= 11 is 0. The van der Waals surface area contributed by atoms with Crippen molar-refractivity contribution in [2.75, 3.05) is 6.54 Å². The Bertz CT molecular complexity index is 530. The zero-order valence-electron chi connectivity index (χ0n) is 13.4. The van der Waals surface area contributed by atoms with E-state index in [-0.39, 0.29) is 0 Å². The average molecular weight is 411 g/mol. The van der Waals surface area contributed by atoms with Gasteiger partial charge in [0.1, 0.15) is 0 Å². The van der Waals surface area contributed by atoms with Gasteiger partial charge >= 0.3 is 31.3 Å². The van der Waals surface area contributed by atoms with Crippen molar-refractivity contribution in [2.45, 2.75) is 57.7 Å². The third-order valence-electron chi connectivity index (χ3n) is 2.44. The molecule has 0 rings (SSSR count). The minimum atomic E-state index is -6.85. The quantitative estimate of drug-likeness (QED) is 0.511. The van der Waals surface area contributed by atoms with Crippen molar-refractivity contribution in [3.8, 4) is 0 Å². The van der Waals surface area contributed by atoms with Crippen LogP contribution in [-0.2, 0) is 23.9 Å². The maximum Gasteiger partial charge on any atom is 0.524 e. The van der Waals surface area contributed by atoms with Gasteiger partial charge in [0, 0.05) is 12.1 Å². The van der Waals surface area contributed by atoms with Gasteiger partial charge in [0.2, 0.25) is 0 Å². The molecule has 0 aliphatic carbocycles. The van der Waals surface area contributed by atoms with E-state index in [1.165, 1.54) is 0 Å². The standard InChI is InChI=1S/C8H19N.C2F6O5S2/c1-6-9(7(2)3)8(4)5;3-1(4,5)14(9,10)13-15(11,12)2(6,7)8/h7-8H,6H2,1-5H3;. The number of rotatable bonds is 5. The zero-order valence-corrected chi connectivity index (χ0v) is 15.1. The summed E-state index contributed by atoms with van der Waals surface area (Å²) in [6.45, 7) is 12.3. The fourth-order valence-electron chi connectivity index (χ4n) is 1.52. The van der Waals surface area contributed by atoms with Crippen LogP contribution in [0.1, 0.15) is 34.6 Å². The summed E-state index contributed by atoms with van der Waals surface area (Å²) in [5, 5.41) is 0. The van der Waals surface area contributed by atoms with Gasteiger partial charge in [0.05, 0.1) is 0 Å². The number of halogens is 6. The van der Waals surface area contributed by atoms with E-state index in [0.717, 1.165) is 6.54 Å². The van der Waals surface area contributed by atoms with E-state index in [9.17, 15) is 43.2 Å². The van der Waals surface area contributed by atoms with Crippen molar-refractivity contribution in [1.29, 1.82) is 0 Å². The highest BCUT2D eigenvalue weighted by Crippen LogP contribution is 2.32. The Labute approximate surface area is 137 Å². The number of nitrogens with zero attached hydrogens (tertiary/aromatic N) is 1. The minimum absolute atomic E-state index is 0.690. The average Bonchev–Trinajstić information content (AvgIpc) is 2.24. The first-order chi connectivity index (χ1) is 10.3. The molecule has 0 spiro atoms. The number of hydrogen-bond donors (Lipinski definition) is 0. The molecule has 24 heavy (non-hydrogen) atoms.